The molecule has 27 heavy (non-hydrogen) atoms. The number of likely N-dealkylation sites (tertiary alicyclic amines) is 1. The number of nitrogens with zero attached hydrogens (tertiary/aromatic N) is 1. The Morgan fingerprint density at radius 2 is 1.74 bits per heavy atom. The fourth-order valence-corrected chi connectivity index (χ4v) is 5.43. The molecule has 0 aromatic heterocycles. The summed E-state index contributed by atoms with van der Waals surface area (Å²) in [5.74, 6) is 1.61. The average Bonchev–Trinajstić information content (AvgIpc) is 2.70. The van der Waals surface area contributed by atoms with Crippen LogP contribution in [0.2, 0.25) is 0 Å². The van der Waals surface area contributed by atoms with Crippen LogP contribution < -0.4 is 5.32 Å². The van der Waals surface area contributed by atoms with Crippen LogP contribution in [0.5, 0.6) is 0 Å². The van der Waals surface area contributed by atoms with Gasteiger partial charge in [0.25, 0.3) is 0 Å². The second kappa shape index (κ2) is 8.58. The lowest BCUT2D eigenvalue weighted by Gasteiger charge is -2.41. The number of nitrogens with one attached hydrogen (secondary N) is 1. The molecule has 2 atom stereocenters. The van der Waals surface area contributed by atoms with Gasteiger partial charge < -0.3 is 5.32 Å². The molecule has 0 radical (unpaired) electrons. The lowest BCUT2D eigenvalue weighted by molar-refractivity contribution is 0.129. The fourth-order valence-electron chi connectivity index (χ4n) is 5.43. The molecule has 1 aliphatic heterocycles. The summed E-state index contributed by atoms with van der Waals surface area (Å²) in [6.07, 6.45) is 6.51. The summed E-state index contributed by atoms with van der Waals surface area (Å²) in [6, 6.07) is 18.7. The quantitative estimate of drug-likeness (QED) is 0.836. The Labute approximate surface area is 165 Å². The number of fused-ring (bicyclic) bond motifs is 1. The Balaban J connectivity index is 1.34. The number of hydrogen-bond acceptors (Lipinski definition) is 2. The summed E-state index contributed by atoms with van der Waals surface area (Å²) in [6.45, 7) is 5.77. The zero-order chi connectivity index (χ0) is 18.6. The van der Waals surface area contributed by atoms with Gasteiger partial charge >= 0.3 is 0 Å². The smallest absolute Gasteiger partial charge is 0.0233 e. The van der Waals surface area contributed by atoms with Gasteiger partial charge in [0.05, 0.1) is 0 Å². The highest BCUT2D eigenvalue weighted by molar-refractivity contribution is 5.30. The minimum Gasteiger partial charge on any atom is -0.316 e. The maximum Gasteiger partial charge on any atom is 0.0233 e. The van der Waals surface area contributed by atoms with Crippen molar-refractivity contribution in [2.24, 2.45) is 11.8 Å². The predicted octanol–water partition coefficient (Wildman–Crippen LogP) is 4.60. The van der Waals surface area contributed by atoms with E-state index in [4.69, 9.17) is 0 Å². The van der Waals surface area contributed by atoms with E-state index in [1.54, 1.807) is 11.1 Å². The van der Waals surface area contributed by atoms with Gasteiger partial charge in [-0.05, 0) is 87.7 Å². The molecule has 2 aromatic carbocycles. The molecule has 2 aliphatic rings. The van der Waals surface area contributed by atoms with Crippen molar-refractivity contribution < 1.29 is 0 Å². The van der Waals surface area contributed by atoms with Crippen LogP contribution >= 0.6 is 0 Å². The van der Waals surface area contributed by atoms with Crippen LogP contribution in [0.1, 0.15) is 41.5 Å². The average molecular weight is 363 g/mol. The van der Waals surface area contributed by atoms with Crippen LogP contribution in [0.15, 0.2) is 48.5 Å². The Bertz CT molecular complexity index is 745. The van der Waals surface area contributed by atoms with E-state index >= 15 is 0 Å². The van der Waals surface area contributed by atoms with Crippen LogP contribution in [-0.2, 0) is 19.4 Å². The molecule has 1 fully saturated rings. The molecule has 1 heterocycles. The second-order valence-electron chi connectivity index (χ2n) is 8.69. The molecule has 1 N–H and O–H groups in total. The highest BCUT2D eigenvalue weighted by Crippen LogP contribution is 2.33. The first-order valence-electron chi connectivity index (χ1n) is 10.7. The highest BCUT2D eigenvalue weighted by Gasteiger charge is 2.33. The van der Waals surface area contributed by atoms with Gasteiger partial charge in [-0.15, -0.1) is 0 Å². The monoisotopic (exact) mass is 362 g/mol. The van der Waals surface area contributed by atoms with Crippen LogP contribution in [0.25, 0.3) is 0 Å². The molecule has 2 aromatic rings. The van der Waals surface area contributed by atoms with E-state index in [0.717, 1.165) is 18.4 Å². The lowest BCUT2D eigenvalue weighted by atomic mass is 9.74. The molecule has 2 nitrogen and oxygen atoms in total. The third-order valence-electron chi connectivity index (χ3n) is 6.85. The maximum atomic E-state index is 3.73. The molecule has 0 spiro atoms. The number of piperidine rings is 1. The second-order valence-corrected chi connectivity index (χ2v) is 8.69. The van der Waals surface area contributed by atoms with Crippen molar-refractivity contribution in [3.8, 4) is 0 Å². The van der Waals surface area contributed by atoms with Crippen molar-refractivity contribution in [2.75, 3.05) is 20.1 Å². The van der Waals surface area contributed by atoms with Gasteiger partial charge in [-0.3, -0.25) is 4.90 Å². The third kappa shape index (κ3) is 4.44. The van der Waals surface area contributed by atoms with E-state index in [9.17, 15) is 0 Å². The summed E-state index contributed by atoms with van der Waals surface area (Å²) in [5, 5.41) is 3.73. The van der Waals surface area contributed by atoms with E-state index in [2.05, 4.69) is 72.7 Å². The molecule has 0 amide bonds. The maximum absolute atomic E-state index is 3.73. The molecule has 4 rings (SSSR count). The predicted molar refractivity (Wildman–Crippen MR) is 114 cm³/mol. The molecule has 1 saturated heterocycles. The highest BCUT2D eigenvalue weighted by atomic mass is 15.1. The van der Waals surface area contributed by atoms with E-state index in [0.29, 0.717) is 6.04 Å². The Morgan fingerprint density at radius 1 is 0.963 bits per heavy atom. The summed E-state index contributed by atoms with van der Waals surface area (Å²) in [5.41, 5.74) is 6.00. The van der Waals surface area contributed by atoms with Crippen molar-refractivity contribution in [2.45, 2.75) is 51.6 Å². The van der Waals surface area contributed by atoms with Crippen molar-refractivity contribution in [3.05, 3.63) is 70.8 Å². The van der Waals surface area contributed by atoms with Crippen molar-refractivity contribution in [1.82, 2.24) is 10.2 Å². The molecule has 2 unspecified atom stereocenters. The van der Waals surface area contributed by atoms with Gasteiger partial charge in [0.15, 0.2) is 0 Å². The van der Waals surface area contributed by atoms with Crippen molar-refractivity contribution in [1.29, 1.82) is 0 Å². The summed E-state index contributed by atoms with van der Waals surface area (Å²) in [4.78, 5) is 2.65. The first-order chi connectivity index (χ1) is 13.2. The Morgan fingerprint density at radius 3 is 2.48 bits per heavy atom. The standard InChI is InChI=1S/C25H34N2/c1-19-6-5-7-20(16-19)18-27-14-12-22(13-15-27)25(26-2)24-11-10-21-8-3-4-9-23(21)17-24/h3-9,16,22,24-26H,10-15,17-18H2,1-2H3. The van der Waals surface area contributed by atoms with Gasteiger partial charge in [0.2, 0.25) is 0 Å². The third-order valence-corrected chi connectivity index (χ3v) is 6.85. The molecule has 2 heteroatoms. The summed E-state index contributed by atoms with van der Waals surface area (Å²) < 4.78 is 0. The van der Waals surface area contributed by atoms with Crippen molar-refractivity contribution in [3.63, 3.8) is 0 Å². The van der Waals surface area contributed by atoms with E-state index < -0.39 is 0 Å². The van der Waals surface area contributed by atoms with Crippen LogP contribution in [0.4, 0.5) is 0 Å². The zero-order valence-electron chi connectivity index (χ0n) is 17.0. The number of aryl methyl sites for hydroxylation is 2. The van der Waals surface area contributed by atoms with Gasteiger partial charge in [-0.2, -0.15) is 0 Å². The summed E-state index contributed by atoms with van der Waals surface area (Å²) >= 11 is 0. The van der Waals surface area contributed by atoms with Gasteiger partial charge in [-0.1, -0.05) is 54.1 Å². The van der Waals surface area contributed by atoms with Crippen LogP contribution in [-0.4, -0.2) is 31.1 Å². The molecule has 0 bridgehead atoms. The van der Waals surface area contributed by atoms with Gasteiger partial charge in [0.1, 0.15) is 0 Å². The first kappa shape index (κ1) is 18.7. The van der Waals surface area contributed by atoms with E-state index in [-0.39, 0.29) is 0 Å². The van der Waals surface area contributed by atoms with E-state index in [1.807, 2.05) is 0 Å². The molecule has 0 saturated carbocycles. The Hall–Kier alpha value is -1.64. The normalized spacial score (nSPS) is 22.4. The zero-order valence-corrected chi connectivity index (χ0v) is 17.0. The van der Waals surface area contributed by atoms with E-state index in [1.165, 1.54) is 56.3 Å². The molecular formula is C25H34N2. The SMILES string of the molecule is CNC(C1CCN(Cc2cccc(C)c2)CC1)C1CCc2ccccc2C1. The topological polar surface area (TPSA) is 15.3 Å². The van der Waals surface area contributed by atoms with Crippen molar-refractivity contribution >= 4 is 0 Å². The minimum absolute atomic E-state index is 0.666. The number of rotatable bonds is 5. The molecule has 144 valence electrons. The molecule has 1 aliphatic carbocycles. The Kier molecular flexibility index (Phi) is 5.95. The fraction of sp³-hybridized carbons (Fsp3) is 0.520. The largest absolute Gasteiger partial charge is 0.316 e. The van der Waals surface area contributed by atoms with Gasteiger partial charge in [0, 0.05) is 12.6 Å². The minimum atomic E-state index is 0.666. The number of benzene rings is 2. The van der Waals surface area contributed by atoms with Gasteiger partial charge in [-0.25, -0.2) is 0 Å². The van der Waals surface area contributed by atoms with Crippen LogP contribution in [0.3, 0.4) is 0 Å². The molecular weight excluding hydrogens is 328 g/mol. The summed E-state index contributed by atoms with van der Waals surface area (Å²) in [7, 11) is 2.18. The van der Waals surface area contributed by atoms with Crippen LogP contribution in [0, 0.1) is 18.8 Å². The number of hydrogen-bond donors (Lipinski definition) is 1. The first-order valence-corrected chi connectivity index (χ1v) is 10.7. The lowest BCUT2D eigenvalue weighted by Crippen LogP contribution is -2.47.